The lowest BCUT2D eigenvalue weighted by Crippen LogP contribution is -2.46. The molecule has 134 valence electrons. The smallest absolute Gasteiger partial charge is 0.243 e. The molecule has 2 aromatic rings. The van der Waals surface area contributed by atoms with Gasteiger partial charge in [-0.15, -0.1) is 10.2 Å². The number of rotatable bonds is 7. The maximum Gasteiger partial charge on any atom is 0.243 e. The second-order valence-electron chi connectivity index (χ2n) is 6.02. The number of nitrogens with two attached hydrogens (primary N) is 1. The van der Waals surface area contributed by atoms with Crippen molar-refractivity contribution in [2.45, 2.75) is 33.4 Å². The Morgan fingerprint density at radius 2 is 2.00 bits per heavy atom. The van der Waals surface area contributed by atoms with Gasteiger partial charge in [-0.2, -0.15) is 0 Å². The highest BCUT2D eigenvalue weighted by atomic mass is 16.2. The van der Waals surface area contributed by atoms with E-state index in [1.54, 1.807) is 12.4 Å². The van der Waals surface area contributed by atoms with E-state index in [1.807, 2.05) is 43.5 Å². The van der Waals surface area contributed by atoms with Crippen molar-refractivity contribution < 1.29 is 9.59 Å². The minimum absolute atomic E-state index is 0.00388. The molecule has 0 spiro atoms. The van der Waals surface area contributed by atoms with Gasteiger partial charge in [-0.1, -0.05) is 26.0 Å². The van der Waals surface area contributed by atoms with Crippen LogP contribution in [0.2, 0.25) is 0 Å². The summed E-state index contributed by atoms with van der Waals surface area (Å²) < 4.78 is 1.88. The number of carbonyl (C=O) groups excluding carboxylic acids is 2. The Labute approximate surface area is 146 Å². The van der Waals surface area contributed by atoms with Gasteiger partial charge in [0.05, 0.1) is 18.3 Å². The summed E-state index contributed by atoms with van der Waals surface area (Å²) >= 11 is 0. The highest BCUT2D eigenvalue weighted by Gasteiger charge is 2.18. The maximum atomic E-state index is 12.2. The Bertz CT molecular complexity index is 740. The molecule has 0 saturated carbocycles. The van der Waals surface area contributed by atoms with Crippen molar-refractivity contribution in [1.29, 1.82) is 0 Å². The SMILES string of the molecule is CCn1cnnc1-c1ccccc1NC(=O)CNC(=O)[C@@H](N)C(C)C. The summed E-state index contributed by atoms with van der Waals surface area (Å²) in [5, 5.41) is 13.4. The number of benzene rings is 1. The second-order valence-corrected chi connectivity index (χ2v) is 6.02. The van der Waals surface area contributed by atoms with Crippen LogP contribution in [0.25, 0.3) is 11.4 Å². The Hall–Kier alpha value is -2.74. The molecule has 0 radical (unpaired) electrons. The summed E-state index contributed by atoms with van der Waals surface area (Å²) in [5.41, 5.74) is 7.13. The van der Waals surface area contributed by atoms with Crippen LogP contribution in [0.4, 0.5) is 5.69 Å². The van der Waals surface area contributed by atoms with Crippen LogP contribution in [0.5, 0.6) is 0 Å². The Morgan fingerprint density at radius 1 is 1.28 bits per heavy atom. The summed E-state index contributed by atoms with van der Waals surface area (Å²) in [6.07, 6.45) is 1.64. The molecule has 1 heterocycles. The molecule has 0 aliphatic rings. The number of amides is 2. The fourth-order valence-electron chi connectivity index (χ4n) is 2.26. The second kappa shape index (κ2) is 8.39. The first-order valence-electron chi connectivity index (χ1n) is 8.24. The quantitative estimate of drug-likeness (QED) is 0.693. The molecule has 1 aromatic carbocycles. The van der Waals surface area contributed by atoms with E-state index in [0.717, 1.165) is 5.56 Å². The first kappa shape index (κ1) is 18.6. The third-order valence-electron chi connectivity index (χ3n) is 3.84. The van der Waals surface area contributed by atoms with Gasteiger partial charge in [0.1, 0.15) is 6.33 Å². The highest BCUT2D eigenvalue weighted by Crippen LogP contribution is 2.25. The minimum Gasteiger partial charge on any atom is -0.346 e. The first-order valence-corrected chi connectivity index (χ1v) is 8.24. The highest BCUT2D eigenvalue weighted by molar-refractivity contribution is 5.98. The zero-order chi connectivity index (χ0) is 18.4. The minimum atomic E-state index is -0.636. The number of hydrogen-bond acceptors (Lipinski definition) is 5. The van der Waals surface area contributed by atoms with E-state index < -0.39 is 6.04 Å². The first-order chi connectivity index (χ1) is 11.9. The molecular weight excluding hydrogens is 320 g/mol. The van der Waals surface area contributed by atoms with Crippen molar-refractivity contribution in [3.05, 3.63) is 30.6 Å². The zero-order valence-corrected chi connectivity index (χ0v) is 14.7. The standard InChI is InChI=1S/C17H24N6O2/c1-4-23-10-20-22-16(23)12-7-5-6-8-13(12)21-14(24)9-19-17(25)15(18)11(2)3/h5-8,10-11,15H,4,9,18H2,1-3H3,(H,19,25)(H,21,24)/t15-/m0/s1. The van der Waals surface area contributed by atoms with Gasteiger partial charge in [0.25, 0.3) is 0 Å². The predicted octanol–water partition coefficient (Wildman–Crippen LogP) is 1.00. The third kappa shape index (κ3) is 4.63. The summed E-state index contributed by atoms with van der Waals surface area (Å²) in [6.45, 7) is 6.26. The van der Waals surface area contributed by atoms with Crippen LogP contribution in [0.15, 0.2) is 30.6 Å². The van der Waals surface area contributed by atoms with Crippen LogP contribution < -0.4 is 16.4 Å². The van der Waals surface area contributed by atoms with Gasteiger partial charge in [-0.05, 0) is 25.0 Å². The molecule has 8 nitrogen and oxygen atoms in total. The van der Waals surface area contributed by atoms with Crippen molar-refractivity contribution >= 4 is 17.5 Å². The molecule has 0 fully saturated rings. The number of aryl methyl sites for hydroxylation is 1. The number of carbonyl (C=O) groups is 2. The van der Waals surface area contributed by atoms with E-state index in [4.69, 9.17) is 5.73 Å². The molecule has 1 aromatic heterocycles. The van der Waals surface area contributed by atoms with Crippen LogP contribution in [0.3, 0.4) is 0 Å². The summed E-state index contributed by atoms with van der Waals surface area (Å²) in [7, 11) is 0. The molecule has 0 bridgehead atoms. The van der Waals surface area contributed by atoms with E-state index in [2.05, 4.69) is 20.8 Å². The molecule has 0 saturated heterocycles. The van der Waals surface area contributed by atoms with Crippen molar-refractivity contribution in [3.8, 4) is 11.4 Å². The lowest BCUT2D eigenvalue weighted by molar-refractivity contribution is -0.125. The zero-order valence-electron chi connectivity index (χ0n) is 14.7. The number of nitrogens with zero attached hydrogens (tertiary/aromatic N) is 3. The average molecular weight is 344 g/mol. The fourth-order valence-corrected chi connectivity index (χ4v) is 2.26. The van der Waals surface area contributed by atoms with Crippen molar-refractivity contribution in [3.63, 3.8) is 0 Å². The summed E-state index contributed by atoms with van der Waals surface area (Å²) in [4.78, 5) is 24.0. The van der Waals surface area contributed by atoms with Gasteiger partial charge in [0.15, 0.2) is 5.82 Å². The van der Waals surface area contributed by atoms with Crippen molar-refractivity contribution in [2.75, 3.05) is 11.9 Å². The number of anilines is 1. The average Bonchev–Trinajstić information content (AvgIpc) is 3.07. The molecular formula is C17H24N6O2. The van der Waals surface area contributed by atoms with Gasteiger partial charge in [0, 0.05) is 12.1 Å². The summed E-state index contributed by atoms with van der Waals surface area (Å²) in [5.74, 6) is -0.00283. The van der Waals surface area contributed by atoms with Crippen molar-refractivity contribution in [1.82, 2.24) is 20.1 Å². The Balaban J connectivity index is 2.06. The van der Waals surface area contributed by atoms with Gasteiger partial charge in [0.2, 0.25) is 11.8 Å². The lowest BCUT2D eigenvalue weighted by atomic mass is 10.1. The molecule has 0 aliphatic carbocycles. The topological polar surface area (TPSA) is 115 Å². The van der Waals surface area contributed by atoms with Gasteiger partial charge in [-0.3, -0.25) is 9.59 Å². The van der Waals surface area contributed by atoms with Crippen LogP contribution >= 0.6 is 0 Å². The third-order valence-corrected chi connectivity index (χ3v) is 3.84. The number of aromatic nitrogens is 3. The van der Waals surface area contributed by atoms with E-state index in [9.17, 15) is 9.59 Å². The number of hydrogen-bond donors (Lipinski definition) is 3. The Morgan fingerprint density at radius 3 is 2.68 bits per heavy atom. The largest absolute Gasteiger partial charge is 0.346 e. The lowest BCUT2D eigenvalue weighted by Gasteiger charge is -2.15. The Kier molecular flexibility index (Phi) is 6.24. The molecule has 0 unspecified atom stereocenters. The molecule has 8 heteroatoms. The van der Waals surface area contributed by atoms with E-state index in [1.165, 1.54) is 0 Å². The van der Waals surface area contributed by atoms with E-state index >= 15 is 0 Å². The molecule has 0 aliphatic heterocycles. The molecule has 4 N–H and O–H groups in total. The molecule has 25 heavy (non-hydrogen) atoms. The fraction of sp³-hybridized carbons (Fsp3) is 0.412. The van der Waals surface area contributed by atoms with Crippen LogP contribution in [0.1, 0.15) is 20.8 Å². The van der Waals surface area contributed by atoms with Crippen LogP contribution in [0, 0.1) is 5.92 Å². The molecule has 1 atom stereocenters. The predicted molar refractivity (Wildman–Crippen MR) is 95.6 cm³/mol. The molecule has 2 amide bonds. The van der Waals surface area contributed by atoms with Crippen LogP contribution in [-0.4, -0.2) is 39.2 Å². The molecule has 2 rings (SSSR count). The van der Waals surface area contributed by atoms with E-state index in [-0.39, 0.29) is 24.3 Å². The van der Waals surface area contributed by atoms with E-state index in [0.29, 0.717) is 18.1 Å². The van der Waals surface area contributed by atoms with Gasteiger partial charge in [-0.25, -0.2) is 0 Å². The van der Waals surface area contributed by atoms with Crippen molar-refractivity contribution in [2.24, 2.45) is 11.7 Å². The van der Waals surface area contributed by atoms with Gasteiger partial charge < -0.3 is 20.9 Å². The van der Waals surface area contributed by atoms with Crippen LogP contribution in [-0.2, 0) is 16.1 Å². The number of nitrogens with one attached hydrogen (secondary N) is 2. The maximum absolute atomic E-state index is 12.2. The number of para-hydroxylation sites is 1. The monoisotopic (exact) mass is 344 g/mol. The summed E-state index contributed by atoms with van der Waals surface area (Å²) in [6, 6.07) is 6.69. The van der Waals surface area contributed by atoms with Gasteiger partial charge >= 0.3 is 0 Å². The normalized spacial score (nSPS) is 12.0.